The number of aliphatic hydroxyl groups is 1. The molecular formula is C17H34N2O2. The molecule has 0 aromatic carbocycles. The van der Waals surface area contributed by atoms with Crippen LogP contribution in [0.4, 0.5) is 0 Å². The lowest BCUT2D eigenvalue weighted by Gasteiger charge is -2.30. The van der Waals surface area contributed by atoms with Gasteiger partial charge in [0, 0.05) is 26.1 Å². The van der Waals surface area contributed by atoms with E-state index in [0.29, 0.717) is 31.3 Å². The van der Waals surface area contributed by atoms with Crippen molar-refractivity contribution in [1.82, 2.24) is 10.2 Å². The fraction of sp³-hybridized carbons (Fsp3) is 0.941. The molecular weight excluding hydrogens is 264 g/mol. The molecule has 0 spiro atoms. The van der Waals surface area contributed by atoms with Crippen molar-refractivity contribution in [3.05, 3.63) is 0 Å². The minimum absolute atomic E-state index is 0.199. The first-order chi connectivity index (χ1) is 9.70. The summed E-state index contributed by atoms with van der Waals surface area (Å²) in [7, 11) is 0. The molecule has 0 bridgehead atoms. The molecule has 2 atom stereocenters. The minimum Gasteiger partial charge on any atom is -0.390 e. The van der Waals surface area contributed by atoms with Crippen molar-refractivity contribution in [3.63, 3.8) is 0 Å². The van der Waals surface area contributed by atoms with Gasteiger partial charge >= 0.3 is 0 Å². The van der Waals surface area contributed by atoms with Gasteiger partial charge in [-0.1, -0.05) is 34.6 Å². The number of aliphatic hydroxyl groups excluding tert-OH is 1. The lowest BCUT2D eigenvalue weighted by Crippen LogP contribution is -2.42. The number of rotatable bonds is 6. The lowest BCUT2D eigenvalue weighted by molar-refractivity contribution is -0.132. The highest BCUT2D eigenvalue weighted by Crippen LogP contribution is 2.34. The van der Waals surface area contributed by atoms with Crippen molar-refractivity contribution in [2.75, 3.05) is 26.2 Å². The van der Waals surface area contributed by atoms with E-state index in [1.165, 1.54) is 0 Å². The molecule has 0 aromatic heterocycles. The van der Waals surface area contributed by atoms with Gasteiger partial charge in [0.1, 0.15) is 0 Å². The molecule has 1 aliphatic heterocycles. The molecule has 1 heterocycles. The summed E-state index contributed by atoms with van der Waals surface area (Å²) in [6.07, 6.45) is 2.16. The van der Waals surface area contributed by atoms with Gasteiger partial charge in [-0.05, 0) is 36.6 Å². The quantitative estimate of drug-likeness (QED) is 0.791. The predicted molar refractivity (Wildman–Crippen MR) is 87.1 cm³/mol. The number of nitrogens with one attached hydrogen (secondary N) is 1. The van der Waals surface area contributed by atoms with E-state index in [0.717, 1.165) is 25.9 Å². The number of carbonyl (C=O) groups is 1. The summed E-state index contributed by atoms with van der Waals surface area (Å²) < 4.78 is 0. The van der Waals surface area contributed by atoms with Crippen molar-refractivity contribution < 1.29 is 9.90 Å². The zero-order chi connectivity index (χ0) is 16.0. The number of carbonyl (C=O) groups excluding carboxylic acids is 1. The first-order valence-electron chi connectivity index (χ1n) is 8.36. The Hall–Kier alpha value is -0.610. The van der Waals surface area contributed by atoms with Crippen LogP contribution in [-0.4, -0.2) is 48.2 Å². The Labute approximate surface area is 130 Å². The van der Waals surface area contributed by atoms with E-state index < -0.39 is 6.10 Å². The minimum atomic E-state index is -0.473. The number of hydrogen-bond donors (Lipinski definition) is 2. The van der Waals surface area contributed by atoms with Gasteiger partial charge in [0.25, 0.3) is 0 Å². The van der Waals surface area contributed by atoms with Gasteiger partial charge in [-0.15, -0.1) is 0 Å². The van der Waals surface area contributed by atoms with E-state index in [-0.39, 0.29) is 11.3 Å². The van der Waals surface area contributed by atoms with Crippen LogP contribution in [0.15, 0.2) is 0 Å². The van der Waals surface area contributed by atoms with Gasteiger partial charge < -0.3 is 15.3 Å². The van der Waals surface area contributed by atoms with E-state index in [1.807, 2.05) is 4.90 Å². The van der Waals surface area contributed by atoms with Crippen LogP contribution in [-0.2, 0) is 4.79 Å². The molecule has 124 valence electrons. The first-order valence-corrected chi connectivity index (χ1v) is 8.36. The maximum Gasteiger partial charge on any atom is 0.222 e. The zero-order valence-electron chi connectivity index (χ0n) is 14.5. The maximum absolute atomic E-state index is 12.2. The molecule has 1 fully saturated rings. The third-order valence-corrected chi connectivity index (χ3v) is 4.40. The smallest absolute Gasteiger partial charge is 0.222 e. The average Bonchev–Trinajstić information content (AvgIpc) is 2.51. The maximum atomic E-state index is 12.2. The average molecular weight is 298 g/mol. The Morgan fingerprint density at radius 3 is 2.52 bits per heavy atom. The summed E-state index contributed by atoms with van der Waals surface area (Å²) >= 11 is 0. The molecule has 1 amide bonds. The summed E-state index contributed by atoms with van der Waals surface area (Å²) in [5.74, 6) is 1.36. The van der Waals surface area contributed by atoms with Crippen LogP contribution in [0.5, 0.6) is 0 Å². The molecule has 0 aliphatic carbocycles. The summed E-state index contributed by atoms with van der Waals surface area (Å²) in [6, 6.07) is 0. The molecule has 0 saturated carbocycles. The molecule has 2 unspecified atom stereocenters. The van der Waals surface area contributed by atoms with Gasteiger partial charge in [-0.2, -0.15) is 0 Å². The van der Waals surface area contributed by atoms with Gasteiger partial charge in [0.2, 0.25) is 5.91 Å². The molecule has 1 aliphatic rings. The van der Waals surface area contributed by atoms with Crippen molar-refractivity contribution >= 4 is 5.91 Å². The SMILES string of the molecule is CC(C)CNCC(O)CN1CCC(C(C)(C)C)CCC1=O. The van der Waals surface area contributed by atoms with E-state index in [4.69, 9.17) is 0 Å². The summed E-state index contributed by atoms with van der Waals surface area (Å²) in [4.78, 5) is 14.1. The number of amides is 1. The lowest BCUT2D eigenvalue weighted by atomic mass is 9.77. The van der Waals surface area contributed by atoms with Crippen LogP contribution in [0.3, 0.4) is 0 Å². The van der Waals surface area contributed by atoms with Crippen LogP contribution in [0, 0.1) is 17.3 Å². The van der Waals surface area contributed by atoms with E-state index in [2.05, 4.69) is 39.9 Å². The van der Waals surface area contributed by atoms with E-state index in [9.17, 15) is 9.90 Å². The van der Waals surface area contributed by atoms with Crippen LogP contribution < -0.4 is 5.32 Å². The number of hydrogen-bond acceptors (Lipinski definition) is 3. The molecule has 0 aromatic rings. The van der Waals surface area contributed by atoms with Crippen LogP contribution in [0.25, 0.3) is 0 Å². The van der Waals surface area contributed by atoms with Gasteiger partial charge in [-0.3, -0.25) is 4.79 Å². The zero-order valence-corrected chi connectivity index (χ0v) is 14.5. The molecule has 2 N–H and O–H groups in total. The largest absolute Gasteiger partial charge is 0.390 e. The predicted octanol–water partition coefficient (Wildman–Crippen LogP) is 2.27. The highest BCUT2D eigenvalue weighted by Gasteiger charge is 2.30. The summed E-state index contributed by atoms with van der Waals surface area (Å²) in [5, 5.41) is 13.3. The Balaban J connectivity index is 2.42. The van der Waals surface area contributed by atoms with Gasteiger partial charge in [-0.25, -0.2) is 0 Å². The standard InChI is InChI=1S/C17H34N2O2/c1-13(2)10-18-11-15(20)12-19-9-8-14(17(3,4)5)6-7-16(19)21/h13-15,18,20H,6-12H2,1-5H3. The second-order valence-electron chi connectivity index (χ2n) is 7.94. The summed E-state index contributed by atoms with van der Waals surface area (Å²) in [6.45, 7) is 13.7. The van der Waals surface area contributed by atoms with Crippen molar-refractivity contribution in [3.8, 4) is 0 Å². The molecule has 1 saturated heterocycles. The molecule has 1 rings (SSSR count). The Bertz CT molecular complexity index is 323. The van der Waals surface area contributed by atoms with Crippen molar-refractivity contribution in [1.29, 1.82) is 0 Å². The third kappa shape index (κ3) is 6.79. The number of nitrogens with zero attached hydrogens (tertiary/aromatic N) is 1. The highest BCUT2D eigenvalue weighted by atomic mass is 16.3. The molecule has 4 heteroatoms. The Kier molecular flexibility index (Phi) is 7.14. The number of likely N-dealkylation sites (tertiary alicyclic amines) is 1. The topological polar surface area (TPSA) is 52.6 Å². The fourth-order valence-electron chi connectivity index (χ4n) is 2.95. The summed E-state index contributed by atoms with van der Waals surface area (Å²) in [5.41, 5.74) is 0.258. The number of β-amino-alcohol motifs (C(OH)–C–C–N with tert-alkyl or cyclic N) is 1. The monoisotopic (exact) mass is 298 g/mol. The fourth-order valence-corrected chi connectivity index (χ4v) is 2.95. The molecule has 4 nitrogen and oxygen atoms in total. The molecule has 21 heavy (non-hydrogen) atoms. The second kappa shape index (κ2) is 8.14. The van der Waals surface area contributed by atoms with Crippen LogP contribution in [0.2, 0.25) is 0 Å². The van der Waals surface area contributed by atoms with Crippen molar-refractivity contribution in [2.24, 2.45) is 17.3 Å². The van der Waals surface area contributed by atoms with E-state index >= 15 is 0 Å². The van der Waals surface area contributed by atoms with Gasteiger partial charge in [0.15, 0.2) is 0 Å². The second-order valence-corrected chi connectivity index (χ2v) is 7.94. The van der Waals surface area contributed by atoms with Gasteiger partial charge in [0.05, 0.1) is 6.10 Å². The van der Waals surface area contributed by atoms with Crippen LogP contribution >= 0.6 is 0 Å². The first kappa shape index (κ1) is 18.4. The van der Waals surface area contributed by atoms with Crippen LogP contribution in [0.1, 0.15) is 53.9 Å². The third-order valence-electron chi connectivity index (χ3n) is 4.40. The Morgan fingerprint density at radius 1 is 1.29 bits per heavy atom. The highest BCUT2D eigenvalue weighted by molar-refractivity contribution is 5.76. The van der Waals surface area contributed by atoms with E-state index in [1.54, 1.807) is 0 Å². The van der Waals surface area contributed by atoms with Crippen molar-refractivity contribution in [2.45, 2.75) is 60.0 Å². The normalized spacial score (nSPS) is 22.5. The molecule has 0 radical (unpaired) electrons. The Morgan fingerprint density at radius 2 is 1.95 bits per heavy atom.